The molecule has 0 fully saturated rings. The molecular formula is C54H63BN2. The van der Waals surface area contributed by atoms with Gasteiger partial charge in [0.25, 0.3) is 0 Å². The molecule has 0 bridgehead atoms. The molecule has 3 heteroatoms. The van der Waals surface area contributed by atoms with Crippen molar-refractivity contribution in [2.75, 3.05) is 9.71 Å². The number of rotatable bonds is 5. The predicted molar refractivity (Wildman–Crippen MR) is 246 cm³/mol. The number of hydrogen-bond acceptors (Lipinski definition) is 2. The molecule has 2 aliphatic carbocycles. The minimum Gasteiger partial charge on any atom is -0.376 e. The molecule has 5 aliphatic rings. The molecule has 3 heterocycles. The molecule has 0 N–H and O–H groups in total. The molecule has 2 nitrogen and oxygen atoms in total. The van der Waals surface area contributed by atoms with Gasteiger partial charge < -0.3 is 9.71 Å². The summed E-state index contributed by atoms with van der Waals surface area (Å²) in [5.74, 6) is 0. The summed E-state index contributed by atoms with van der Waals surface area (Å²) in [6, 6.07) is 34.5. The van der Waals surface area contributed by atoms with Crippen LogP contribution in [-0.2, 0) is 33.5 Å². The van der Waals surface area contributed by atoms with E-state index in [0.29, 0.717) is 0 Å². The second kappa shape index (κ2) is 12.2. The number of benzene rings is 5. The van der Waals surface area contributed by atoms with Crippen molar-refractivity contribution in [2.24, 2.45) is 0 Å². The summed E-state index contributed by atoms with van der Waals surface area (Å²) in [5, 5.41) is 0. The van der Waals surface area contributed by atoms with Gasteiger partial charge in [0.1, 0.15) is 0 Å². The van der Waals surface area contributed by atoms with Crippen LogP contribution in [-0.4, -0.2) is 6.85 Å². The van der Waals surface area contributed by atoms with Crippen LogP contribution in [0.15, 0.2) is 84.9 Å². The first-order chi connectivity index (χ1) is 27.0. The molecule has 57 heavy (non-hydrogen) atoms. The van der Waals surface area contributed by atoms with Crippen LogP contribution in [0.3, 0.4) is 0 Å². The molecule has 0 radical (unpaired) electrons. The number of nitrogens with zero attached hydrogens (tertiary/aromatic N) is 2. The van der Waals surface area contributed by atoms with Crippen LogP contribution < -0.4 is 20.6 Å². The van der Waals surface area contributed by atoms with Gasteiger partial charge in [-0.2, -0.15) is 0 Å². The van der Waals surface area contributed by atoms with E-state index in [1.54, 1.807) is 5.56 Å². The lowest BCUT2D eigenvalue weighted by atomic mass is 9.42. The molecule has 0 unspecified atom stereocenters. The van der Waals surface area contributed by atoms with Crippen molar-refractivity contribution in [3.63, 3.8) is 0 Å². The smallest absolute Gasteiger partial charge is 0.333 e. The van der Waals surface area contributed by atoms with E-state index in [1.807, 2.05) is 0 Å². The first-order valence-corrected chi connectivity index (χ1v) is 22.3. The number of aryl methyl sites for hydroxylation is 1. The van der Waals surface area contributed by atoms with Crippen molar-refractivity contribution in [1.82, 2.24) is 0 Å². The normalized spacial score (nSPS) is 20.4. The summed E-state index contributed by atoms with van der Waals surface area (Å²) >= 11 is 0. The highest BCUT2D eigenvalue weighted by Crippen LogP contribution is 2.59. The van der Waals surface area contributed by atoms with Crippen LogP contribution in [0, 0.1) is 0 Å². The van der Waals surface area contributed by atoms with Gasteiger partial charge in [-0.15, -0.1) is 0 Å². The van der Waals surface area contributed by atoms with E-state index in [1.165, 1.54) is 129 Å². The predicted octanol–water partition coefficient (Wildman–Crippen LogP) is 13.5. The Bertz CT molecular complexity index is 2480. The highest BCUT2D eigenvalue weighted by Gasteiger charge is 2.51. The Labute approximate surface area is 344 Å². The summed E-state index contributed by atoms with van der Waals surface area (Å²) in [4.78, 5) is 5.51. The Kier molecular flexibility index (Phi) is 7.90. The molecule has 0 amide bonds. The Balaban J connectivity index is 1.34. The van der Waals surface area contributed by atoms with Crippen molar-refractivity contribution in [2.45, 2.75) is 155 Å². The molecule has 0 spiro atoms. The highest BCUT2D eigenvalue weighted by atomic mass is 15.2. The number of fused-ring (bicyclic) bond motifs is 8. The van der Waals surface area contributed by atoms with Gasteiger partial charge in [0.15, 0.2) is 0 Å². The quantitative estimate of drug-likeness (QED) is 0.130. The van der Waals surface area contributed by atoms with Crippen molar-refractivity contribution in [3.8, 4) is 11.1 Å². The van der Waals surface area contributed by atoms with Gasteiger partial charge in [-0.25, -0.2) is 0 Å². The molecule has 0 aromatic heterocycles. The third kappa shape index (κ3) is 5.22. The lowest BCUT2D eigenvalue weighted by Crippen LogP contribution is -2.62. The second-order valence-electron chi connectivity index (χ2n) is 21.7. The maximum Gasteiger partial charge on any atom is 0.333 e. The summed E-state index contributed by atoms with van der Waals surface area (Å²) in [7, 11) is 0. The zero-order valence-electron chi connectivity index (χ0n) is 36.7. The molecule has 0 saturated carbocycles. The molecule has 292 valence electrons. The highest BCUT2D eigenvalue weighted by molar-refractivity contribution is 6.93. The van der Waals surface area contributed by atoms with Crippen LogP contribution in [0.5, 0.6) is 0 Å². The Hall–Kier alpha value is -4.24. The van der Waals surface area contributed by atoms with Gasteiger partial charge in [-0.1, -0.05) is 138 Å². The van der Waals surface area contributed by atoms with Crippen molar-refractivity contribution < 1.29 is 0 Å². The maximum absolute atomic E-state index is 2.77. The third-order valence-corrected chi connectivity index (χ3v) is 15.8. The molecule has 5 aromatic carbocycles. The van der Waals surface area contributed by atoms with Crippen molar-refractivity contribution in [1.29, 1.82) is 0 Å². The Morgan fingerprint density at radius 1 is 0.526 bits per heavy atom. The summed E-state index contributed by atoms with van der Waals surface area (Å²) < 4.78 is 0. The minimum absolute atomic E-state index is 0.0453. The fourth-order valence-electron chi connectivity index (χ4n) is 11.9. The topological polar surface area (TPSA) is 6.48 Å². The van der Waals surface area contributed by atoms with Crippen LogP contribution in [0.4, 0.5) is 28.4 Å². The summed E-state index contributed by atoms with van der Waals surface area (Å²) in [6.45, 7) is 27.2. The SMILES string of the molecule is CCCCCc1cc2c3c(c1)N1c4cc5c(cc4C(C)(C)c4cccc(c41)B3N(c1ccccc1)c1cc3c(cc1-2)C(C)(C)CCC3(C)C)C(C)(C)CCC5(C)C. The monoisotopic (exact) mass is 751 g/mol. The average Bonchev–Trinajstić information content (AvgIpc) is 3.17. The fourth-order valence-corrected chi connectivity index (χ4v) is 11.9. The zero-order valence-corrected chi connectivity index (χ0v) is 36.7. The summed E-state index contributed by atoms with van der Waals surface area (Å²) in [5.41, 5.74) is 23.4. The molecular weight excluding hydrogens is 687 g/mol. The molecule has 0 atom stereocenters. The number of para-hydroxylation sites is 2. The number of unbranched alkanes of at least 4 members (excludes halogenated alkanes) is 2. The Morgan fingerprint density at radius 3 is 1.75 bits per heavy atom. The van der Waals surface area contributed by atoms with E-state index in [4.69, 9.17) is 0 Å². The van der Waals surface area contributed by atoms with E-state index < -0.39 is 0 Å². The van der Waals surface area contributed by atoms with E-state index in [9.17, 15) is 0 Å². The molecule has 5 aromatic rings. The minimum atomic E-state index is -0.165. The molecule has 10 rings (SSSR count). The van der Waals surface area contributed by atoms with Crippen LogP contribution >= 0.6 is 0 Å². The third-order valence-electron chi connectivity index (χ3n) is 15.8. The maximum atomic E-state index is 2.77. The van der Waals surface area contributed by atoms with Crippen molar-refractivity contribution in [3.05, 3.63) is 124 Å². The first kappa shape index (κ1) is 37.1. The van der Waals surface area contributed by atoms with E-state index in [2.05, 4.69) is 171 Å². The van der Waals surface area contributed by atoms with Crippen LogP contribution in [0.1, 0.15) is 160 Å². The second-order valence-corrected chi connectivity index (χ2v) is 21.7. The van der Waals surface area contributed by atoms with Gasteiger partial charge in [-0.05, 0) is 152 Å². The van der Waals surface area contributed by atoms with Gasteiger partial charge in [-0.3, -0.25) is 0 Å². The lowest BCUT2D eigenvalue weighted by Gasteiger charge is -2.52. The van der Waals surface area contributed by atoms with Gasteiger partial charge >= 0.3 is 6.85 Å². The number of hydrogen-bond donors (Lipinski definition) is 0. The van der Waals surface area contributed by atoms with Crippen LogP contribution in [0.25, 0.3) is 11.1 Å². The van der Waals surface area contributed by atoms with Gasteiger partial charge in [0.2, 0.25) is 0 Å². The van der Waals surface area contributed by atoms with Gasteiger partial charge in [0, 0.05) is 33.7 Å². The van der Waals surface area contributed by atoms with E-state index in [0.717, 1.165) is 6.42 Å². The standard InChI is InChI=1S/C54H63BN2/c1-12-13-15-19-34-28-37-36-30-39-41(52(6,7)26-24-50(39,2)3)32-45(36)57(35-20-16-14-17-21-35)55-44-23-18-22-38-49(44)56(47(29-34)48(37)55)46-33-42-40(31-43(46)54(38,10)11)51(4,5)25-27-53(42,8)9/h14,16-18,20-23,28-33H,12-13,15,19,24-27H2,1-11H3. The molecule has 0 saturated heterocycles. The van der Waals surface area contributed by atoms with Crippen molar-refractivity contribution >= 4 is 46.2 Å². The fraction of sp³-hybridized carbons (Fsp3) is 0.444. The van der Waals surface area contributed by atoms with Gasteiger partial charge in [0.05, 0.1) is 5.69 Å². The molecule has 3 aliphatic heterocycles. The largest absolute Gasteiger partial charge is 0.376 e. The van der Waals surface area contributed by atoms with E-state index in [-0.39, 0.29) is 33.9 Å². The number of anilines is 5. The Morgan fingerprint density at radius 2 is 1.12 bits per heavy atom. The summed E-state index contributed by atoms with van der Waals surface area (Å²) in [6.07, 6.45) is 9.65. The van der Waals surface area contributed by atoms with Crippen LogP contribution in [0.2, 0.25) is 0 Å². The van der Waals surface area contributed by atoms with E-state index >= 15 is 0 Å². The first-order valence-electron chi connectivity index (χ1n) is 22.3. The average molecular weight is 751 g/mol. The lowest BCUT2D eigenvalue weighted by molar-refractivity contribution is 0.331. The zero-order chi connectivity index (χ0) is 40.0.